The van der Waals surface area contributed by atoms with Crippen molar-refractivity contribution in [1.29, 1.82) is 0 Å². The predicted octanol–water partition coefficient (Wildman–Crippen LogP) is 3.82. The van der Waals surface area contributed by atoms with E-state index < -0.39 is 0 Å². The van der Waals surface area contributed by atoms with Crippen LogP contribution in [0.4, 0.5) is 5.69 Å². The Morgan fingerprint density at radius 1 is 1.13 bits per heavy atom. The molecule has 1 aliphatic rings. The van der Waals surface area contributed by atoms with Gasteiger partial charge in [0.15, 0.2) is 0 Å². The molecular weight excluding hydrogens is 400 g/mol. The van der Waals surface area contributed by atoms with Gasteiger partial charge in [-0.15, -0.1) is 0 Å². The smallest absolute Gasteiger partial charge is 0.253 e. The molecule has 0 fully saturated rings. The number of carbonyl (C=O) groups excluding carboxylic acids is 1. The summed E-state index contributed by atoms with van der Waals surface area (Å²) in [4.78, 5) is 19.2. The van der Waals surface area contributed by atoms with Crippen LogP contribution in [0.2, 0.25) is 5.02 Å². The number of amidine groups is 1. The molecule has 30 heavy (non-hydrogen) atoms. The fraction of sp³-hybridized carbons (Fsp3) is 0.130. The van der Waals surface area contributed by atoms with Crippen molar-refractivity contribution in [2.75, 3.05) is 13.7 Å². The van der Waals surface area contributed by atoms with Gasteiger partial charge in [0.1, 0.15) is 18.1 Å². The molecule has 1 heterocycles. The zero-order valence-electron chi connectivity index (χ0n) is 16.4. The fourth-order valence-corrected chi connectivity index (χ4v) is 3.78. The molecule has 0 aliphatic carbocycles. The number of para-hydroxylation sites is 1. The van der Waals surface area contributed by atoms with Crippen molar-refractivity contribution < 1.29 is 9.53 Å². The minimum Gasteiger partial charge on any atom is -0.497 e. The van der Waals surface area contributed by atoms with Gasteiger partial charge in [-0.25, -0.2) is 10.8 Å². The predicted molar refractivity (Wildman–Crippen MR) is 118 cm³/mol. The Kier molecular flexibility index (Phi) is 5.70. The number of halogens is 1. The first-order valence-electron chi connectivity index (χ1n) is 9.44. The molecule has 1 aliphatic heterocycles. The number of nitrogens with one attached hydrogen (secondary N) is 1. The number of ether oxygens (including phenoxy) is 1. The highest BCUT2D eigenvalue weighted by Crippen LogP contribution is 2.40. The third-order valence-electron chi connectivity index (χ3n) is 5.03. The lowest BCUT2D eigenvalue weighted by Gasteiger charge is -2.38. The second kappa shape index (κ2) is 8.57. The number of nitrogens with two attached hydrogens (primary N) is 1. The molecule has 0 spiro atoms. The largest absolute Gasteiger partial charge is 0.497 e. The van der Waals surface area contributed by atoms with Crippen LogP contribution in [-0.2, 0) is 4.79 Å². The molecule has 3 N–H and O–H groups in total. The summed E-state index contributed by atoms with van der Waals surface area (Å²) >= 11 is 6.12. The van der Waals surface area contributed by atoms with Crippen molar-refractivity contribution in [2.24, 2.45) is 10.8 Å². The van der Waals surface area contributed by atoms with Crippen molar-refractivity contribution >= 4 is 29.0 Å². The minimum absolute atomic E-state index is 0.0359. The van der Waals surface area contributed by atoms with Crippen molar-refractivity contribution in [2.45, 2.75) is 6.04 Å². The van der Waals surface area contributed by atoms with Gasteiger partial charge in [0.05, 0.1) is 18.8 Å². The molecule has 1 atom stereocenters. The van der Waals surface area contributed by atoms with Gasteiger partial charge in [-0.3, -0.25) is 10.2 Å². The molecule has 152 valence electrons. The number of methoxy groups -OCH3 is 1. The molecule has 0 aromatic heterocycles. The van der Waals surface area contributed by atoms with E-state index in [1.54, 1.807) is 7.11 Å². The number of hydrogen-bond acceptors (Lipinski definition) is 5. The average Bonchev–Trinajstić information content (AvgIpc) is 2.79. The van der Waals surface area contributed by atoms with Crippen LogP contribution in [0.5, 0.6) is 5.75 Å². The maximum atomic E-state index is 12.3. The number of hydrazine groups is 1. The van der Waals surface area contributed by atoms with E-state index in [1.807, 2.05) is 77.7 Å². The molecule has 7 heteroatoms. The minimum atomic E-state index is -0.316. The lowest BCUT2D eigenvalue weighted by Crippen LogP contribution is -2.46. The maximum absolute atomic E-state index is 12.3. The number of fused-ring (bicyclic) bond motifs is 1. The summed E-state index contributed by atoms with van der Waals surface area (Å²) in [6, 6.07) is 22.9. The van der Waals surface area contributed by atoms with Crippen LogP contribution in [0, 0.1) is 0 Å². The molecular formula is C23H21ClN4O2. The summed E-state index contributed by atoms with van der Waals surface area (Å²) in [5.74, 6) is 6.47. The normalized spacial score (nSPS) is 15.2. The molecule has 4 rings (SSSR count). The Labute approximate surface area is 179 Å². The lowest BCUT2D eigenvalue weighted by atomic mass is 9.93. The van der Waals surface area contributed by atoms with Crippen LogP contribution < -0.4 is 16.0 Å². The first-order valence-corrected chi connectivity index (χ1v) is 9.82. The zero-order chi connectivity index (χ0) is 21.1. The van der Waals surface area contributed by atoms with E-state index in [-0.39, 0.29) is 18.5 Å². The Hall–Kier alpha value is -3.35. The van der Waals surface area contributed by atoms with E-state index in [4.69, 9.17) is 27.2 Å². The highest BCUT2D eigenvalue weighted by atomic mass is 35.5. The van der Waals surface area contributed by atoms with E-state index in [0.29, 0.717) is 16.6 Å². The molecule has 0 saturated heterocycles. The number of rotatable bonds is 5. The van der Waals surface area contributed by atoms with Gasteiger partial charge in [0.25, 0.3) is 5.91 Å². The third-order valence-corrected chi connectivity index (χ3v) is 5.28. The van der Waals surface area contributed by atoms with Crippen LogP contribution >= 0.6 is 11.6 Å². The standard InChI is InChI=1S/C23H21ClN4O2/c1-30-18-6-4-5-16(13-18)23-26-20-8-3-2-7-19(20)22(28(23)14-21(29)27-25)15-9-11-17(24)12-10-15/h2-13,22H,14,25H2,1H3,(H,27,29)/t22-/m1/s1. The zero-order valence-corrected chi connectivity index (χ0v) is 17.1. The number of nitrogens with zero attached hydrogens (tertiary/aromatic N) is 2. The number of amides is 1. The van der Waals surface area contributed by atoms with Gasteiger partial charge in [-0.05, 0) is 35.9 Å². The van der Waals surface area contributed by atoms with E-state index >= 15 is 0 Å². The van der Waals surface area contributed by atoms with Gasteiger partial charge < -0.3 is 9.64 Å². The molecule has 0 radical (unpaired) electrons. The molecule has 6 nitrogen and oxygen atoms in total. The van der Waals surface area contributed by atoms with Crippen molar-refractivity contribution in [3.8, 4) is 5.75 Å². The van der Waals surface area contributed by atoms with Crippen LogP contribution in [0.1, 0.15) is 22.7 Å². The summed E-state index contributed by atoms with van der Waals surface area (Å²) in [6.07, 6.45) is 0. The van der Waals surface area contributed by atoms with Crippen LogP contribution in [0.15, 0.2) is 77.8 Å². The average molecular weight is 421 g/mol. The number of carbonyl (C=O) groups is 1. The second-order valence-corrected chi connectivity index (χ2v) is 7.31. The summed E-state index contributed by atoms with van der Waals surface area (Å²) in [5.41, 5.74) is 5.91. The quantitative estimate of drug-likeness (QED) is 0.373. The van der Waals surface area contributed by atoms with E-state index in [0.717, 1.165) is 22.4 Å². The Morgan fingerprint density at radius 2 is 1.90 bits per heavy atom. The second-order valence-electron chi connectivity index (χ2n) is 6.88. The van der Waals surface area contributed by atoms with E-state index in [2.05, 4.69) is 5.43 Å². The first kappa shape index (κ1) is 19.9. The van der Waals surface area contributed by atoms with Gasteiger partial charge in [-0.1, -0.05) is 54.1 Å². The van der Waals surface area contributed by atoms with Gasteiger partial charge in [0, 0.05) is 16.1 Å². The molecule has 1 amide bonds. The highest BCUT2D eigenvalue weighted by Gasteiger charge is 2.33. The third kappa shape index (κ3) is 3.87. The van der Waals surface area contributed by atoms with Crippen molar-refractivity contribution in [3.05, 3.63) is 94.5 Å². The maximum Gasteiger partial charge on any atom is 0.253 e. The summed E-state index contributed by atoms with van der Waals surface area (Å²) in [6.45, 7) is 0.0359. The van der Waals surface area contributed by atoms with Crippen molar-refractivity contribution in [1.82, 2.24) is 10.3 Å². The Bertz CT molecular complexity index is 1100. The summed E-state index contributed by atoms with van der Waals surface area (Å²) in [5, 5.41) is 0.649. The topological polar surface area (TPSA) is 80.0 Å². The lowest BCUT2D eigenvalue weighted by molar-refractivity contribution is -0.121. The molecule has 0 unspecified atom stereocenters. The van der Waals surface area contributed by atoms with E-state index in [1.165, 1.54) is 0 Å². The Morgan fingerprint density at radius 3 is 2.63 bits per heavy atom. The highest BCUT2D eigenvalue weighted by molar-refractivity contribution is 6.30. The number of benzene rings is 3. The van der Waals surface area contributed by atoms with Crippen LogP contribution in [-0.4, -0.2) is 30.3 Å². The molecule has 0 saturated carbocycles. The van der Waals surface area contributed by atoms with Crippen molar-refractivity contribution in [3.63, 3.8) is 0 Å². The summed E-state index contributed by atoms with van der Waals surface area (Å²) < 4.78 is 5.39. The fourth-order valence-electron chi connectivity index (χ4n) is 3.65. The van der Waals surface area contributed by atoms with Gasteiger partial charge in [0.2, 0.25) is 0 Å². The molecule has 3 aromatic carbocycles. The van der Waals surface area contributed by atoms with Crippen LogP contribution in [0.25, 0.3) is 0 Å². The molecule has 0 bridgehead atoms. The van der Waals surface area contributed by atoms with Gasteiger partial charge >= 0.3 is 0 Å². The van der Waals surface area contributed by atoms with E-state index in [9.17, 15) is 4.79 Å². The number of hydrogen-bond donors (Lipinski definition) is 2. The Balaban J connectivity index is 1.92. The SMILES string of the molecule is COc1cccc(C2=Nc3ccccc3[C@@H](c3ccc(Cl)cc3)N2CC(=O)NN)c1. The number of aliphatic imine (C=N–C) groups is 1. The first-order chi connectivity index (χ1) is 14.6. The van der Waals surface area contributed by atoms with Crippen LogP contribution in [0.3, 0.4) is 0 Å². The molecule has 3 aromatic rings. The summed E-state index contributed by atoms with van der Waals surface area (Å²) in [7, 11) is 1.62. The van der Waals surface area contributed by atoms with Gasteiger partial charge in [-0.2, -0.15) is 0 Å². The monoisotopic (exact) mass is 420 g/mol.